The number of hydrogen-bond donors (Lipinski definition) is 0. The Labute approximate surface area is 124 Å². The smallest absolute Gasteiger partial charge is 0.182 e. The second-order valence-electron chi connectivity index (χ2n) is 4.08. The molecular formula is C13H15BrN2O2S. The monoisotopic (exact) mass is 342 g/mol. The van der Waals surface area contributed by atoms with E-state index < -0.39 is 0 Å². The molecule has 0 saturated carbocycles. The van der Waals surface area contributed by atoms with Crippen molar-refractivity contribution in [3.8, 4) is 5.75 Å². The van der Waals surface area contributed by atoms with Gasteiger partial charge in [-0.3, -0.25) is 9.48 Å². The van der Waals surface area contributed by atoms with Crippen molar-refractivity contribution in [2.75, 3.05) is 7.11 Å². The van der Waals surface area contributed by atoms with E-state index in [1.807, 2.05) is 30.0 Å². The third-order valence-corrected chi connectivity index (χ3v) is 4.85. The number of aromatic nitrogens is 2. The SMILES string of the molecule is CCn1nc(C)c(Br)c1CC(=O)c1sccc1OC. The van der Waals surface area contributed by atoms with Crippen molar-refractivity contribution < 1.29 is 9.53 Å². The van der Waals surface area contributed by atoms with Gasteiger partial charge in [-0.15, -0.1) is 11.3 Å². The summed E-state index contributed by atoms with van der Waals surface area (Å²) in [5.41, 5.74) is 1.82. The molecule has 0 atom stereocenters. The highest BCUT2D eigenvalue weighted by Gasteiger charge is 2.19. The van der Waals surface area contributed by atoms with Crippen LogP contribution in [0.1, 0.15) is 28.0 Å². The van der Waals surface area contributed by atoms with Gasteiger partial charge in [0.1, 0.15) is 10.6 Å². The molecule has 2 aromatic rings. The van der Waals surface area contributed by atoms with Crippen molar-refractivity contribution in [3.05, 3.63) is 32.2 Å². The van der Waals surface area contributed by atoms with Crippen LogP contribution in [0.25, 0.3) is 0 Å². The number of carbonyl (C=O) groups excluding carboxylic acids is 1. The quantitative estimate of drug-likeness (QED) is 0.781. The minimum absolute atomic E-state index is 0.0575. The summed E-state index contributed by atoms with van der Waals surface area (Å²) < 4.78 is 7.97. The van der Waals surface area contributed by atoms with Crippen LogP contribution in [0.5, 0.6) is 5.75 Å². The molecule has 0 unspecified atom stereocenters. The van der Waals surface area contributed by atoms with E-state index in [2.05, 4.69) is 21.0 Å². The average molecular weight is 343 g/mol. The Bertz CT molecular complexity index is 604. The summed E-state index contributed by atoms with van der Waals surface area (Å²) in [6, 6.07) is 1.81. The molecule has 2 rings (SSSR count). The van der Waals surface area contributed by atoms with Crippen LogP contribution in [-0.2, 0) is 13.0 Å². The number of hydrogen-bond acceptors (Lipinski definition) is 4. The van der Waals surface area contributed by atoms with Gasteiger partial charge in [0.25, 0.3) is 0 Å². The Morgan fingerprint density at radius 2 is 2.32 bits per heavy atom. The number of Topliss-reactive ketones (excluding diaryl/α,β-unsaturated/α-hetero) is 1. The summed E-state index contributed by atoms with van der Waals surface area (Å²) in [5.74, 6) is 0.701. The van der Waals surface area contributed by atoms with Gasteiger partial charge in [0.15, 0.2) is 5.78 Å². The molecule has 0 aromatic carbocycles. The van der Waals surface area contributed by atoms with Crippen molar-refractivity contribution in [1.82, 2.24) is 9.78 Å². The van der Waals surface area contributed by atoms with Gasteiger partial charge in [-0.1, -0.05) is 0 Å². The number of methoxy groups -OCH3 is 1. The molecule has 102 valence electrons. The number of nitrogens with zero attached hydrogens (tertiary/aromatic N) is 2. The summed E-state index contributed by atoms with van der Waals surface area (Å²) in [4.78, 5) is 13.0. The summed E-state index contributed by atoms with van der Waals surface area (Å²) in [5, 5.41) is 6.26. The van der Waals surface area contributed by atoms with Gasteiger partial charge in [0, 0.05) is 6.54 Å². The van der Waals surface area contributed by atoms with Crippen LogP contribution in [0, 0.1) is 6.92 Å². The highest BCUT2D eigenvalue weighted by molar-refractivity contribution is 9.10. The number of carbonyl (C=O) groups is 1. The number of aryl methyl sites for hydroxylation is 2. The molecule has 0 aliphatic carbocycles. The normalized spacial score (nSPS) is 10.7. The van der Waals surface area contributed by atoms with Gasteiger partial charge in [0.2, 0.25) is 0 Å². The number of thiophene rings is 1. The van der Waals surface area contributed by atoms with Crippen LogP contribution in [0.3, 0.4) is 0 Å². The van der Waals surface area contributed by atoms with Gasteiger partial charge in [-0.2, -0.15) is 5.10 Å². The molecule has 2 aromatic heterocycles. The van der Waals surface area contributed by atoms with Crippen LogP contribution in [-0.4, -0.2) is 22.7 Å². The Morgan fingerprint density at radius 1 is 1.58 bits per heavy atom. The molecule has 0 aliphatic rings. The first-order valence-electron chi connectivity index (χ1n) is 5.94. The Hall–Kier alpha value is -1.14. The first kappa shape index (κ1) is 14.3. The molecular weight excluding hydrogens is 328 g/mol. The third-order valence-electron chi connectivity index (χ3n) is 2.88. The van der Waals surface area contributed by atoms with Gasteiger partial charge in [-0.05, 0) is 41.2 Å². The van der Waals surface area contributed by atoms with E-state index in [9.17, 15) is 4.79 Å². The molecule has 6 heteroatoms. The highest BCUT2D eigenvalue weighted by atomic mass is 79.9. The van der Waals surface area contributed by atoms with E-state index in [0.29, 0.717) is 17.0 Å². The van der Waals surface area contributed by atoms with Gasteiger partial charge in [0.05, 0.1) is 29.4 Å². The Kier molecular flexibility index (Phi) is 4.42. The van der Waals surface area contributed by atoms with Gasteiger partial charge >= 0.3 is 0 Å². The lowest BCUT2D eigenvalue weighted by atomic mass is 10.1. The van der Waals surface area contributed by atoms with Crippen LogP contribution < -0.4 is 4.74 Å². The van der Waals surface area contributed by atoms with Crippen LogP contribution in [0.4, 0.5) is 0 Å². The molecule has 0 radical (unpaired) electrons. The number of ketones is 1. The molecule has 2 heterocycles. The minimum Gasteiger partial charge on any atom is -0.495 e. The largest absolute Gasteiger partial charge is 0.495 e. The second-order valence-corrected chi connectivity index (χ2v) is 5.79. The summed E-state index contributed by atoms with van der Waals surface area (Å²) in [6.45, 7) is 4.69. The highest BCUT2D eigenvalue weighted by Crippen LogP contribution is 2.28. The van der Waals surface area contributed by atoms with Crippen molar-refractivity contribution in [2.45, 2.75) is 26.8 Å². The van der Waals surface area contributed by atoms with E-state index in [0.717, 1.165) is 22.4 Å². The number of ether oxygens (including phenoxy) is 1. The van der Waals surface area contributed by atoms with Crippen molar-refractivity contribution in [1.29, 1.82) is 0 Å². The first-order valence-corrected chi connectivity index (χ1v) is 7.62. The minimum atomic E-state index is 0.0575. The predicted molar refractivity (Wildman–Crippen MR) is 79.2 cm³/mol. The van der Waals surface area contributed by atoms with Crippen LogP contribution >= 0.6 is 27.3 Å². The van der Waals surface area contributed by atoms with Crippen molar-refractivity contribution >= 4 is 33.0 Å². The number of rotatable bonds is 5. The van der Waals surface area contributed by atoms with Crippen LogP contribution in [0.2, 0.25) is 0 Å². The zero-order valence-corrected chi connectivity index (χ0v) is 13.5. The van der Waals surface area contributed by atoms with E-state index in [-0.39, 0.29) is 5.78 Å². The molecule has 0 amide bonds. The van der Waals surface area contributed by atoms with Gasteiger partial charge in [-0.25, -0.2) is 0 Å². The average Bonchev–Trinajstić information content (AvgIpc) is 2.98. The maximum Gasteiger partial charge on any atom is 0.182 e. The second kappa shape index (κ2) is 5.88. The van der Waals surface area contributed by atoms with E-state index in [1.165, 1.54) is 11.3 Å². The van der Waals surface area contributed by atoms with E-state index >= 15 is 0 Å². The fourth-order valence-corrected chi connectivity index (χ4v) is 3.15. The topological polar surface area (TPSA) is 44.1 Å². The maximum absolute atomic E-state index is 12.4. The molecule has 0 spiro atoms. The molecule has 19 heavy (non-hydrogen) atoms. The zero-order chi connectivity index (χ0) is 14.0. The fraction of sp³-hybridized carbons (Fsp3) is 0.385. The molecule has 0 N–H and O–H groups in total. The fourth-order valence-electron chi connectivity index (χ4n) is 1.93. The maximum atomic E-state index is 12.4. The lowest BCUT2D eigenvalue weighted by Gasteiger charge is -2.05. The molecule has 0 saturated heterocycles. The lowest BCUT2D eigenvalue weighted by Crippen LogP contribution is -2.09. The first-order chi connectivity index (χ1) is 9.08. The third kappa shape index (κ3) is 2.74. The molecule has 0 aliphatic heterocycles. The lowest BCUT2D eigenvalue weighted by molar-refractivity contribution is 0.0991. The summed E-state index contributed by atoms with van der Waals surface area (Å²) >= 11 is 4.91. The van der Waals surface area contributed by atoms with Crippen molar-refractivity contribution in [3.63, 3.8) is 0 Å². The summed E-state index contributed by atoms with van der Waals surface area (Å²) in [6.07, 6.45) is 0.326. The molecule has 0 bridgehead atoms. The number of halogens is 1. The summed E-state index contributed by atoms with van der Waals surface area (Å²) in [7, 11) is 1.58. The van der Waals surface area contributed by atoms with Crippen LogP contribution in [0.15, 0.2) is 15.9 Å². The van der Waals surface area contributed by atoms with Crippen molar-refractivity contribution in [2.24, 2.45) is 0 Å². The Balaban J connectivity index is 2.29. The predicted octanol–water partition coefficient (Wildman–Crippen LogP) is 3.47. The van der Waals surface area contributed by atoms with E-state index in [4.69, 9.17) is 4.74 Å². The zero-order valence-electron chi connectivity index (χ0n) is 11.1. The standard InChI is InChI=1S/C13H15BrN2O2S/c1-4-16-9(12(14)8(2)15-16)7-10(17)13-11(18-3)5-6-19-13/h5-6H,4,7H2,1-3H3. The molecule has 0 fully saturated rings. The molecule has 4 nitrogen and oxygen atoms in total. The Morgan fingerprint density at radius 3 is 2.95 bits per heavy atom. The van der Waals surface area contributed by atoms with E-state index in [1.54, 1.807) is 7.11 Å². The van der Waals surface area contributed by atoms with Gasteiger partial charge < -0.3 is 4.74 Å².